The molecule has 0 bridgehead atoms. The molecule has 1 aliphatic heterocycles. The van der Waals surface area contributed by atoms with Gasteiger partial charge < -0.3 is 15.4 Å². The van der Waals surface area contributed by atoms with E-state index in [1.165, 1.54) is 35.8 Å². The van der Waals surface area contributed by atoms with Gasteiger partial charge in [0.25, 0.3) is 5.91 Å². The molecule has 2 aromatic carbocycles. The molecule has 2 N–H and O–H groups in total. The lowest BCUT2D eigenvalue weighted by Crippen LogP contribution is -2.41. The summed E-state index contributed by atoms with van der Waals surface area (Å²) in [5.41, 5.74) is 4.16. The Balaban J connectivity index is 1.52. The number of rotatable bonds is 5. The number of halogens is 6. The summed E-state index contributed by atoms with van der Waals surface area (Å²) in [5.74, 6) is -10.4. The highest BCUT2D eigenvalue weighted by atomic mass is 19.2. The second-order valence-corrected chi connectivity index (χ2v) is 9.46. The number of likely N-dealkylation sites (tertiary alicyclic amines) is 1. The number of hydrogen-bond donors (Lipinski definition) is 1. The van der Waals surface area contributed by atoms with E-state index in [0.717, 1.165) is 12.1 Å². The number of carbonyl (C=O) groups excluding carboxylic acids is 1. The summed E-state index contributed by atoms with van der Waals surface area (Å²) in [5, 5.41) is 4.69. The predicted molar refractivity (Wildman–Crippen MR) is 127 cm³/mol. The standard InChI is InChI=1S/C25H20F6N6O2/c1-25(2,31)24(38)36-6-5-11(9-36)37-23-17(22(32)33-10-34-23)20(35-37)13-4-3-12(7-14(13)26)39-21-18(29)15(27)8-16(28)19(21)30/h3-4,7-8,10-11H,5-6,9H2,1-2H3,(H2,32,33,34)/t11-/m1/s1. The predicted octanol–water partition coefficient (Wildman–Crippen LogP) is 5.08. The number of hydrogen-bond acceptors (Lipinski definition) is 6. The smallest absolute Gasteiger partial charge is 0.259 e. The van der Waals surface area contributed by atoms with E-state index in [-0.39, 0.29) is 47.3 Å². The Bertz CT molecular complexity index is 1590. The maximum atomic E-state index is 15.3. The lowest BCUT2D eigenvalue weighted by molar-refractivity contribution is -0.140. The Kier molecular flexibility index (Phi) is 6.35. The highest BCUT2D eigenvalue weighted by Crippen LogP contribution is 2.37. The molecule has 8 nitrogen and oxygen atoms in total. The zero-order valence-electron chi connectivity index (χ0n) is 20.5. The second-order valence-electron chi connectivity index (χ2n) is 9.46. The van der Waals surface area contributed by atoms with Crippen LogP contribution in [0.2, 0.25) is 0 Å². The van der Waals surface area contributed by atoms with Gasteiger partial charge >= 0.3 is 0 Å². The van der Waals surface area contributed by atoms with Crippen molar-refractivity contribution in [1.29, 1.82) is 0 Å². The van der Waals surface area contributed by atoms with Crippen molar-refractivity contribution in [3.63, 3.8) is 0 Å². The molecule has 1 saturated heterocycles. The summed E-state index contributed by atoms with van der Waals surface area (Å²) in [6.07, 6.45) is 1.61. The lowest BCUT2D eigenvalue weighted by atomic mass is 10.1. The monoisotopic (exact) mass is 550 g/mol. The first-order valence-corrected chi connectivity index (χ1v) is 11.6. The Hall–Kier alpha value is -4.36. The van der Waals surface area contributed by atoms with Gasteiger partial charge in [-0.1, -0.05) is 0 Å². The minimum absolute atomic E-state index is 0.0174. The molecule has 14 heteroatoms. The van der Waals surface area contributed by atoms with Crippen LogP contribution in [0.3, 0.4) is 0 Å². The zero-order chi connectivity index (χ0) is 28.2. The van der Waals surface area contributed by atoms with E-state index in [0.29, 0.717) is 6.42 Å². The van der Waals surface area contributed by atoms with E-state index in [1.807, 2.05) is 0 Å². The first-order chi connectivity index (χ1) is 18.4. The van der Waals surface area contributed by atoms with Gasteiger partial charge in [0.15, 0.2) is 23.0 Å². The van der Waals surface area contributed by atoms with Crippen molar-refractivity contribution < 1.29 is 35.9 Å². The molecule has 0 unspecified atom stereocenters. The minimum Gasteiger partial charge on any atom is -0.451 e. The summed E-state index contributed by atoms with van der Waals surface area (Å²) in [6, 6.07) is 2.63. The van der Waals surface area contributed by atoms with E-state index in [9.17, 15) is 26.7 Å². The quantitative estimate of drug-likeness (QED) is 0.275. The maximum Gasteiger partial charge on any atom is 0.259 e. The Morgan fingerprint density at radius 1 is 1.05 bits per heavy atom. The molecule has 5 rings (SSSR count). The first kappa shape index (κ1) is 26.3. The molecule has 4 aromatic rings. The number of anilines is 1. The summed E-state index contributed by atoms with van der Waals surface area (Å²) in [4.78, 5) is 21.9. The number of nitrogens with zero attached hydrogens (tertiary/aromatic N) is 5. The van der Waals surface area contributed by atoms with Gasteiger partial charge in [0.2, 0.25) is 17.4 Å². The fourth-order valence-electron chi connectivity index (χ4n) is 4.45. The molecule has 0 aliphatic carbocycles. The number of fused-ring (bicyclic) bond motifs is 1. The number of nitrogens with two attached hydrogens (primary N) is 1. The zero-order valence-corrected chi connectivity index (χ0v) is 20.5. The van der Waals surface area contributed by atoms with Crippen LogP contribution in [0.1, 0.15) is 26.3 Å². The van der Waals surface area contributed by atoms with Gasteiger partial charge in [0.05, 0.1) is 11.4 Å². The Morgan fingerprint density at radius 2 is 1.74 bits per heavy atom. The molecule has 0 radical (unpaired) electrons. The van der Waals surface area contributed by atoms with Gasteiger partial charge in [0.1, 0.15) is 29.4 Å². The molecule has 39 heavy (non-hydrogen) atoms. The SMILES string of the molecule is CC(C)(F)C(=O)N1CC[C@@H](n2nc(-c3ccc(Oc4c(F)c(F)cc(F)c4F)cc3F)c3c(N)ncnc32)C1. The summed E-state index contributed by atoms with van der Waals surface area (Å²) in [7, 11) is 0. The van der Waals surface area contributed by atoms with E-state index < -0.39 is 58.2 Å². The lowest BCUT2D eigenvalue weighted by Gasteiger charge is -2.22. The number of aromatic nitrogens is 4. The summed E-state index contributed by atoms with van der Waals surface area (Å²) < 4.78 is 90.9. The Morgan fingerprint density at radius 3 is 2.38 bits per heavy atom. The molecule has 3 heterocycles. The third-order valence-electron chi connectivity index (χ3n) is 6.31. The van der Waals surface area contributed by atoms with Gasteiger partial charge in [-0.25, -0.2) is 32.2 Å². The highest BCUT2D eigenvalue weighted by Gasteiger charge is 2.37. The number of nitrogen functional groups attached to an aromatic ring is 1. The normalized spacial score (nSPS) is 15.8. The molecular formula is C25H20F6N6O2. The van der Waals surface area contributed by atoms with Crippen molar-refractivity contribution in [2.24, 2.45) is 0 Å². The van der Waals surface area contributed by atoms with Crippen LogP contribution in [-0.2, 0) is 4.79 Å². The maximum absolute atomic E-state index is 15.3. The van der Waals surface area contributed by atoms with E-state index in [4.69, 9.17) is 10.5 Å². The number of amides is 1. The molecular weight excluding hydrogens is 530 g/mol. The fraction of sp³-hybridized carbons (Fsp3) is 0.280. The van der Waals surface area contributed by atoms with Gasteiger partial charge in [-0.05, 0) is 32.4 Å². The molecule has 1 amide bonds. The van der Waals surface area contributed by atoms with Crippen LogP contribution in [0.4, 0.5) is 32.2 Å². The van der Waals surface area contributed by atoms with Gasteiger partial charge in [-0.3, -0.25) is 4.79 Å². The summed E-state index contributed by atoms with van der Waals surface area (Å²) in [6.45, 7) is 2.73. The van der Waals surface area contributed by atoms with Crippen molar-refractivity contribution in [1.82, 2.24) is 24.6 Å². The molecule has 204 valence electrons. The third kappa shape index (κ3) is 4.59. The average molecular weight is 550 g/mol. The van der Waals surface area contributed by atoms with Crippen LogP contribution < -0.4 is 10.5 Å². The van der Waals surface area contributed by atoms with Gasteiger partial charge in [-0.2, -0.15) is 13.9 Å². The van der Waals surface area contributed by atoms with Crippen LogP contribution in [0.15, 0.2) is 30.6 Å². The molecule has 2 aromatic heterocycles. The van der Waals surface area contributed by atoms with Crippen molar-refractivity contribution in [2.75, 3.05) is 18.8 Å². The van der Waals surface area contributed by atoms with Crippen molar-refractivity contribution in [3.8, 4) is 22.8 Å². The van der Waals surface area contributed by atoms with Crippen molar-refractivity contribution in [2.45, 2.75) is 32.0 Å². The first-order valence-electron chi connectivity index (χ1n) is 11.6. The molecule has 1 fully saturated rings. The molecule has 1 aliphatic rings. The summed E-state index contributed by atoms with van der Waals surface area (Å²) >= 11 is 0. The highest BCUT2D eigenvalue weighted by molar-refractivity contribution is 5.98. The van der Waals surface area contributed by atoms with Crippen LogP contribution >= 0.6 is 0 Å². The number of carbonyl (C=O) groups is 1. The Labute approximate surface area is 217 Å². The molecule has 1 atom stereocenters. The molecule has 0 spiro atoms. The van der Waals surface area contributed by atoms with Gasteiger partial charge in [0, 0.05) is 30.8 Å². The largest absolute Gasteiger partial charge is 0.451 e. The average Bonchev–Trinajstić information content (AvgIpc) is 3.50. The van der Waals surface area contributed by atoms with Crippen LogP contribution in [0.5, 0.6) is 11.5 Å². The third-order valence-corrected chi connectivity index (χ3v) is 6.31. The molecule has 0 saturated carbocycles. The van der Waals surface area contributed by atoms with E-state index in [2.05, 4.69) is 15.1 Å². The minimum atomic E-state index is -2.06. The van der Waals surface area contributed by atoms with Gasteiger partial charge in [-0.15, -0.1) is 0 Å². The van der Waals surface area contributed by atoms with Crippen LogP contribution in [-0.4, -0.2) is 49.3 Å². The van der Waals surface area contributed by atoms with E-state index >= 15 is 4.39 Å². The van der Waals surface area contributed by atoms with Crippen LogP contribution in [0, 0.1) is 29.1 Å². The van der Waals surface area contributed by atoms with Crippen molar-refractivity contribution >= 4 is 22.8 Å². The number of benzene rings is 2. The second kappa shape index (κ2) is 9.43. The fourth-order valence-corrected chi connectivity index (χ4v) is 4.45. The number of alkyl halides is 1. The topological polar surface area (TPSA) is 99.2 Å². The van der Waals surface area contributed by atoms with Crippen LogP contribution in [0.25, 0.3) is 22.3 Å². The number of ether oxygens (including phenoxy) is 1. The van der Waals surface area contributed by atoms with E-state index in [1.54, 1.807) is 0 Å². The van der Waals surface area contributed by atoms with Crippen molar-refractivity contribution in [3.05, 3.63) is 59.7 Å².